The van der Waals surface area contributed by atoms with Crippen molar-refractivity contribution in [2.45, 2.75) is 33.6 Å². The SMILES string of the molecule is Cc1cccc(OP(Oc2ccc3ccccc3c2-c2c(OP(Oc3cc(C)ccc3C(C)C)n3ccc4ccccc43)ccc3ccccc23)n2ccc3ccccc32)c1. The first-order valence-electron chi connectivity index (χ1n) is 20.5. The third-order valence-corrected chi connectivity index (χ3v) is 13.9. The summed E-state index contributed by atoms with van der Waals surface area (Å²) in [7, 11) is -3.55. The first-order valence-corrected chi connectivity index (χ1v) is 22.8. The molecule has 0 amide bonds. The molecule has 0 radical (unpaired) electrons. The van der Waals surface area contributed by atoms with Crippen molar-refractivity contribution in [3.63, 3.8) is 0 Å². The van der Waals surface area contributed by atoms with Gasteiger partial charge in [0, 0.05) is 34.3 Å². The highest BCUT2D eigenvalue weighted by molar-refractivity contribution is 7.47. The van der Waals surface area contributed by atoms with Crippen molar-refractivity contribution in [1.82, 2.24) is 8.68 Å². The molecule has 2 unspecified atom stereocenters. The minimum absolute atomic E-state index is 0.245. The molecule has 300 valence electrons. The Bertz CT molecular complexity index is 3210. The number of fused-ring (bicyclic) bond motifs is 4. The predicted octanol–water partition coefficient (Wildman–Crippen LogP) is 15.8. The molecule has 0 spiro atoms. The number of para-hydroxylation sites is 2. The van der Waals surface area contributed by atoms with E-state index in [9.17, 15) is 0 Å². The van der Waals surface area contributed by atoms with E-state index in [1.807, 2.05) is 12.1 Å². The number of aromatic nitrogens is 2. The van der Waals surface area contributed by atoms with E-state index in [0.717, 1.165) is 82.7 Å². The van der Waals surface area contributed by atoms with Crippen LogP contribution in [0.15, 0.2) is 188 Å². The van der Waals surface area contributed by atoms with Gasteiger partial charge in [0.15, 0.2) is 0 Å². The van der Waals surface area contributed by atoms with Gasteiger partial charge in [0.1, 0.15) is 23.0 Å². The molecule has 10 rings (SSSR count). The Morgan fingerprint density at radius 3 is 1.46 bits per heavy atom. The molecule has 2 atom stereocenters. The maximum Gasteiger partial charge on any atom is 0.421 e. The third kappa shape index (κ3) is 7.59. The first kappa shape index (κ1) is 38.6. The Morgan fingerprint density at radius 1 is 0.410 bits per heavy atom. The van der Waals surface area contributed by atoms with Gasteiger partial charge < -0.3 is 18.1 Å². The van der Waals surface area contributed by atoms with E-state index in [4.69, 9.17) is 18.1 Å². The van der Waals surface area contributed by atoms with Crippen LogP contribution in [0.4, 0.5) is 0 Å². The lowest BCUT2D eigenvalue weighted by Gasteiger charge is -2.26. The summed E-state index contributed by atoms with van der Waals surface area (Å²) >= 11 is 0. The van der Waals surface area contributed by atoms with Crippen LogP contribution in [0.1, 0.15) is 36.5 Å². The lowest BCUT2D eigenvalue weighted by atomic mass is 9.92. The topological polar surface area (TPSA) is 46.8 Å². The first-order chi connectivity index (χ1) is 29.9. The van der Waals surface area contributed by atoms with Crippen LogP contribution in [-0.4, -0.2) is 8.68 Å². The summed E-state index contributed by atoms with van der Waals surface area (Å²) in [6, 6.07) is 60.8. The summed E-state index contributed by atoms with van der Waals surface area (Å²) in [5, 5.41) is 6.43. The summed E-state index contributed by atoms with van der Waals surface area (Å²) in [5.41, 5.74) is 7.23. The van der Waals surface area contributed by atoms with Crippen molar-refractivity contribution in [3.8, 4) is 34.1 Å². The van der Waals surface area contributed by atoms with Gasteiger partial charge in [-0.05, 0) is 113 Å². The summed E-state index contributed by atoms with van der Waals surface area (Å²) in [4.78, 5) is 0. The van der Waals surface area contributed by atoms with Crippen LogP contribution in [0.5, 0.6) is 23.0 Å². The average molecular weight is 835 g/mol. The van der Waals surface area contributed by atoms with E-state index in [2.05, 4.69) is 213 Å². The van der Waals surface area contributed by atoms with Crippen molar-refractivity contribution in [2.24, 2.45) is 0 Å². The Hall–Kier alpha value is -6.58. The molecule has 0 aliphatic rings. The van der Waals surface area contributed by atoms with Crippen LogP contribution in [0.3, 0.4) is 0 Å². The van der Waals surface area contributed by atoms with Crippen molar-refractivity contribution in [1.29, 1.82) is 0 Å². The molecule has 0 saturated carbocycles. The zero-order valence-corrected chi connectivity index (χ0v) is 36.2. The van der Waals surface area contributed by atoms with E-state index in [-0.39, 0.29) is 5.92 Å². The molecule has 10 aromatic rings. The second kappa shape index (κ2) is 16.5. The predicted molar refractivity (Wildman–Crippen MR) is 254 cm³/mol. The number of benzene rings is 8. The monoisotopic (exact) mass is 834 g/mol. The molecule has 2 heterocycles. The van der Waals surface area contributed by atoms with Gasteiger partial charge >= 0.3 is 17.1 Å². The fourth-order valence-corrected chi connectivity index (χ4v) is 10.8. The zero-order valence-electron chi connectivity index (χ0n) is 34.4. The Balaban J connectivity index is 1.18. The van der Waals surface area contributed by atoms with Crippen molar-refractivity contribution >= 4 is 60.4 Å². The van der Waals surface area contributed by atoms with E-state index in [0.29, 0.717) is 11.5 Å². The summed E-state index contributed by atoms with van der Waals surface area (Å²) in [6.45, 7) is 8.57. The lowest BCUT2D eigenvalue weighted by Crippen LogP contribution is -2.07. The third-order valence-electron chi connectivity index (χ3n) is 11.0. The maximum absolute atomic E-state index is 7.41. The van der Waals surface area contributed by atoms with Gasteiger partial charge in [-0.1, -0.05) is 135 Å². The van der Waals surface area contributed by atoms with Gasteiger partial charge in [-0.15, -0.1) is 0 Å². The van der Waals surface area contributed by atoms with Gasteiger partial charge in [-0.25, -0.2) is 0 Å². The number of aryl methyl sites for hydroxylation is 2. The molecule has 0 saturated heterocycles. The van der Waals surface area contributed by atoms with E-state index >= 15 is 0 Å². The Labute approximate surface area is 358 Å². The van der Waals surface area contributed by atoms with E-state index in [1.54, 1.807) is 0 Å². The molecule has 8 aromatic carbocycles. The molecule has 8 heteroatoms. The second-order valence-corrected chi connectivity index (χ2v) is 18.2. The zero-order chi connectivity index (χ0) is 41.5. The molecule has 6 nitrogen and oxygen atoms in total. The van der Waals surface area contributed by atoms with Crippen LogP contribution < -0.4 is 18.1 Å². The summed E-state index contributed by atoms with van der Waals surface area (Å²) in [5.74, 6) is 3.15. The Kier molecular flexibility index (Phi) is 10.4. The fraction of sp³-hybridized carbons (Fsp3) is 0.0943. The maximum atomic E-state index is 7.41. The molecule has 0 fully saturated rings. The number of nitrogens with zero attached hydrogens (tertiary/aromatic N) is 2. The van der Waals surface area contributed by atoms with Crippen molar-refractivity contribution in [3.05, 3.63) is 205 Å². The second-order valence-electron chi connectivity index (χ2n) is 15.6. The Morgan fingerprint density at radius 2 is 0.902 bits per heavy atom. The van der Waals surface area contributed by atoms with Gasteiger partial charge in [0.05, 0.1) is 11.0 Å². The van der Waals surface area contributed by atoms with Crippen LogP contribution >= 0.6 is 17.1 Å². The van der Waals surface area contributed by atoms with Crippen LogP contribution in [-0.2, 0) is 0 Å². The average Bonchev–Trinajstić information content (AvgIpc) is 3.91. The van der Waals surface area contributed by atoms with Gasteiger partial charge in [0.2, 0.25) is 0 Å². The van der Waals surface area contributed by atoms with E-state index < -0.39 is 17.1 Å². The normalized spacial score (nSPS) is 12.6. The largest absolute Gasteiger partial charge is 0.423 e. The van der Waals surface area contributed by atoms with Gasteiger partial charge in [-0.3, -0.25) is 8.68 Å². The highest BCUT2D eigenvalue weighted by Crippen LogP contribution is 2.54. The highest BCUT2D eigenvalue weighted by Gasteiger charge is 2.29. The molecule has 0 aliphatic carbocycles. The van der Waals surface area contributed by atoms with Crippen LogP contribution in [0.2, 0.25) is 0 Å². The summed E-state index contributed by atoms with van der Waals surface area (Å²) < 4.78 is 33.0. The van der Waals surface area contributed by atoms with E-state index in [1.165, 1.54) is 0 Å². The fourth-order valence-electron chi connectivity index (χ4n) is 8.02. The minimum atomic E-state index is -1.79. The molecular formula is C53H44N2O4P2. The number of rotatable bonds is 12. The minimum Gasteiger partial charge on any atom is -0.423 e. The highest BCUT2D eigenvalue weighted by atomic mass is 31.2. The summed E-state index contributed by atoms with van der Waals surface area (Å²) in [6.07, 6.45) is 4.13. The number of hydrogen-bond acceptors (Lipinski definition) is 4. The van der Waals surface area contributed by atoms with Crippen molar-refractivity contribution in [2.75, 3.05) is 0 Å². The molecule has 61 heavy (non-hydrogen) atoms. The number of hydrogen-bond donors (Lipinski definition) is 0. The van der Waals surface area contributed by atoms with Gasteiger partial charge in [0.25, 0.3) is 0 Å². The standard InChI is InChI=1S/C53H44N2O4P2/c1-36(2)44-27-24-38(4)35-51(44)59-61(55-33-31-42-18-8-12-23-48(42)55)58-50-29-26-40-16-6-10-21-46(40)53(50)52-45-20-9-5-15-39(45)25-28-49(52)57-60(56-43-19-13-14-37(3)34-43)54-32-30-41-17-7-11-22-47(41)54/h5-36H,1-4H3. The molecule has 0 N–H and O–H groups in total. The van der Waals surface area contributed by atoms with Crippen LogP contribution in [0, 0.1) is 13.8 Å². The molecular weight excluding hydrogens is 791 g/mol. The molecule has 0 bridgehead atoms. The molecule has 2 aromatic heterocycles. The lowest BCUT2D eigenvalue weighted by molar-refractivity contribution is 0.474. The smallest absolute Gasteiger partial charge is 0.421 e. The molecule has 0 aliphatic heterocycles. The quantitative estimate of drug-likeness (QED) is 0.115. The van der Waals surface area contributed by atoms with Crippen LogP contribution in [0.25, 0.3) is 54.5 Å². The van der Waals surface area contributed by atoms with Crippen molar-refractivity contribution < 1.29 is 18.1 Å². The van der Waals surface area contributed by atoms with Gasteiger partial charge in [-0.2, -0.15) is 0 Å².